The summed E-state index contributed by atoms with van der Waals surface area (Å²) in [7, 11) is 0. The van der Waals surface area contributed by atoms with Gasteiger partial charge in [-0.05, 0) is 5.53 Å². The van der Waals surface area contributed by atoms with Gasteiger partial charge in [-0.2, -0.15) is 0 Å². The molecule has 2 rings (SSSR count). The van der Waals surface area contributed by atoms with Crippen LogP contribution >= 0.6 is 0 Å². The maximum Gasteiger partial charge on any atom is 0.187 e. The predicted octanol–water partition coefficient (Wildman–Crippen LogP) is -4.08. The van der Waals surface area contributed by atoms with Crippen LogP contribution < -0.4 is 0 Å². The Morgan fingerprint density at radius 1 is 0.840 bits per heavy atom. The van der Waals surface area contributed by atoms with E-state index in [4.69, 9.17) is 24.8 Å². The Kier molecular flexibility index (Phi) is 6.90. The first kappa shape index (κ1) is 20.2. The summed E-state index contributed by atoms with van der Waals surface area (Å²) in [6, 6.07) is 0. The lowest BCUT2D eigenvalue weighted by atomic mass is 9.96. The van der Waals surface area contributed by atoms with Crippen LogP contribution in [0.5, 0.6) is 0 Å². The lowest BCUT2D eigenvalue weighted by Gasteiger charge is -2.45. The summed E-state index contributed by atoms with van der Waals surface area (Å²) in [6.07, 6.45) is -15.4. The maximum atomic E-state index is 10.1. The normalized spacial score (nSPS) is 48.0. The van der Waals surface area contributed by atoms with E-state index in [1.54, 1.807) is 0 Å². The zero-order valence-electron chi connectivity index (χ0n) is 12.9. The molecule has 25 heavy (non-hydrogen) atoms. The van der Waals surface area contributed by atoms with Crippen LogP contribution in [-0.4, -0.2) is 110 Å². The van der Waals surface area contributed by atoms with Gasteiger partial charge in [-0.25, -0.2) is 0 Å². The van der Waals surface area contributed by atoms with Gasteiger partial charge in [-0.15, -0.1) is 0 Å². The van der Waals surface area contributed by atoms with Gasteiger partial charge in [-0.1, -0.05) is 5.11 Å². The van der Waals surface area contributed by atoms with Crippen LogP contribution in [0.2, 0.25) is 0 Å². The number of aliphatic hydroxyl groups is 7. The first-order chi connectivity index (χ1) is 11.8. The second-order valence-electron chi connectivity index (χ2n) is 5.73. The number of nitrogens with zero attached hydrogens (tertiary/aromatic N) is 3. The van der Waals surface area contributed by atoms with Gasteiger partial charge in [0.25, 0.3) is 0 Å². The molecule has 2 aliphatic heterocycles. The molecule has 144 valence electrons. The fourth-order valence-electron chi connectivity index (χ4n) is 2.72. The summed E-state index contributed by atoms with van der Waals surface area (Å²) < 4.78 is 15.6. The third-order valence-electron chi connectivity index (χ3n) is 4.14. The Morgan fingerprint density at radius 3 is 2.04 bits per heavy atom. The highest BCUT2D eigenvalue weighted by atomic mass is 16.7. The minimum Gasteiger partial charge on any atom is -0.394 e. The first-order valence-electron chi connectivity index (χ1n) is 7.48. The average molecular weight is 367 g/mol. The fourth-order valence-corrected chi connectivity index (χ4v) is 2.72. The van der Waals surface area contributed by atoms with E-state index in [1.807, 2.05) is 0 Å². The van der Waals surface area contributed by atoms with Crippen molar-refractivity contribution in [3.63, 3.8) is 0 Å². The zero-order chi connectivity index (χ0) is 18.7. The predicted molar refractivity (Wildman–Crippen MR) is 75.5 cm³/mol. The average Bonchev–Trinajstić information content (AvgIpc) is 2.61. The lowest BCUT2D eigenvalue weighted by molar-refractivity contribution is -0.341. The summed E-state index contributed by atoms with van der Waals surface area (Å²) in [6.45, 7) is -1.37. The summed E-state index contributed by atoms with van der Waals surface area (Å²) in [5.74, 6) is 0. The SMILES string of the molecule is [N-]=[N+]=N[C@@H]1OC(CO)[C@H](O[C@@H]2OC(CO)[C@H](O)[C@H](O)C2O)[C@H](O)C1O. The van der Waals surface area contributed by atoms with Crippen molar-refractivity contribution in [2.24, 2.45) is 5.11 Å². The molecule has 2 aliphatic rings. The smallest absolute Gasteiger partial charge is 0.187 e. The Bertz CT molecular complexity index is 488. The van der Waals surface area contributed by atoms with Crippen LogP contribution in [0.3, 0.4) is 0 Å². The lowest BCUT2D eigenvalue weighted by Crippen LogP contribution is -2.64. The molecule has 2 saturated heterocycles. The summed E-state index contributed by atoms with van der Waals surface area (Å²) in [5.41, 5.74) is 8.42. The van der Waals surface area contributed by atoms with Crippen molar-refractivity contribution in [2.75, 3.05) is 13.2 Å². The van der Waals surface area contributed by atoms with Crippen LogP contribution in [0.15, 0.2) is 5.11 Å². The number of rotatable bonds is 5. The third-order valence-corrected chi connectivity index (χ3v) is 4.14. The van der Waals surface area contributed by atoms with Gasteiger partial charge in [0.2, 0.25) is 0 Å². The van der Waals surface area contributed by atoms with Crippen LogP contribution in [0.1, 0.15) is 0 Å². The van der Waals surface area contributed by atoms with E-state index in [9.17, 15) is 30.6 Å². The van der Waals surface area contributed by atoms with E-state index >= 15 is 0 Å². The third kappa shape index (κ3) is 4.02. The van der Waals surface area contributed by atoms with Crippen molar-refractivity contribution < 1.29 is 50.0 Å². The largest absolute Gasteiger partial charge is 0.394 e. The number of aliphatic hydroxyl groups excluding tert-OH is 7. The van der Waals surface area contributed by atoms with Gasteiger partial charge in [0.15, 0.2) is 12.5 Å². The Labute approximate surface area is 141 Å². The van der Waals surface area contributed by atoms with Gasteiger partial charge in [-0.3, -0.25) is 0 Å². The summed E-state index contributed by atoms with van der Waals surface area (Å²) >= 11 is 0. The molecule has 0 amide bonds. The van der Waals surface area contributed by atoms with Crippen LogP contribution in [0.4, 0.5) is 0 Å². The molecular formula is C12H21N3O10. The highest BCUT2D eigenvalue weighted by Crippen LogP contribution is 2.29. The molecule has 2 fully saturated rings. The molecule has 0 radical (unpaired) electrons. The molecule has 0 spiro atoms. The molecule has 13 nitrogen and oxygen atoms in total. The summed E-state index contributed by atoms with van der Waals surface area (Å²) in [5, 5.41) is 71.1. The van der Waals surface area contributed by atoms with Gasteiger partial charge in [0.05, 0.1) is 13.2 Å². The van der Waals surface area contributed by atoms with Gasteiger partial charge in [0.1, 0.15) is 48.8 Å². The molecule has 0 aromatic rings. The molecule has 0 aromatic heterocycles. The molecule has 0 aromatic carbocycles. The van der Waals surface area contributed by atoms with Crippen molar-refractivity contribution in [1.82, 2.24) is 0 Å². The number of azide groups is 1. The van der Waals surface area contributed by atoms with Crippen molar-refractivity contribution in [3.05, 3.63) is 10.4 Å². The number of ether oxygens (including phenoxy) is 3. The fraction of sp³-hybridized carbons (Fsp3) is 1.00. The highest BCUT2D eigenvalue weighted by Gasteiger charge is 2.50. The topological polar surface area (TPSA) is 218 Å². The van der Waals surface area contributed by atoms with Crippen molar-refractivity contribution >= 4 is 0 Å². The second kappa shape index (κ2) is 8.53. The van der Waals surface area contributed by atoms with Crippen LogP contribution in [0, 0.1) is 0 Å². The number of hydrogen-bond donors (Lipinski definition) is 7. The van der Waals surface area contributed by atoms with Crippen molar-refractivity contribution in [2.45, 2.75) is 61.3 Å². The molecule has 4 unspecified atom stereocenters. The van der Waals surface area contributed by atoms with Gasteiger partial charge >= 0.3 is 0 Å². The minimum absolute atomic E-state index is 0.681. The summed E-state index contributed by atoms with van der Waals surface area (Å²) in [4.78, 5) is 2.46. The highest BCUT2D eigenvalue weighted by molar-refractivity contribution is 4.95. The maximum absolute atomic E-state index is 10.1. The van der Waals surface area contributed by atoms with Crippen LogP contribution in [0.25, 0.3) is 10.4 Å². The van der Waals surface area contributed by atoms with E-state index in [2.05, 4.69) is 10.0 Å². The second-order valence-corrected chi connectivity index (χ2v) is 5.73. The van der Waals surface area contributed by atoms with Crippen molar-refractivity contribution in [3.8, 4) is 0 Å². The Balaban J connectivity index is 2.15. The standard InChI is InChI=1S/C12H21N3O10/c13-15-14-11-8(21)7(20)10(4(2-17)23-11)25-12-9(22)6(19)5(18)3(1-16)24-12/h3-12,16-22H,1-2H2/t3?,4?,5-,6-,7+,8?,9?,10-,11+,12-/m0/s1. The van der Waals surface area contributed by atoms with E-state index < -0.39 is 74.6 Å². The molecule has 0 bridgehead atoms. The number of hydrogen-bond acceptors (Lipinski definition) is 11. The molecule has 0 aliphatic carbocycles. The first-order valence-corrected chi connectivity index (χ1v) is 7.48. The Hall–Kier alpha value is -1.09. The van der Waals surface area contributed by atoms with Gasteiger partial charge < -0.3 is 50.0 Å². The minimum atomic E-state index is -1.74. The van der Waals surface area contributed by atoms with E-state index in [0.29, 0.717) is 0 Å². The molecule has 7 N–H and O–H groups in total. The monoisotopic (exact) mass is 367 g/mol. The molecule has 13 heteroatoms. The van der Waals surface area contributed by atoms with Gasteiger partial charge in [0, 0.05) is 4.91 Å². The van der Waals surface area contributed by atoms with Crippen LogP contribution in [-0.2, 0) is 14.2 Å². The Morgan fingerprint density at radius 2 is 1.48 bits per heavy atom. The zero-order valence-corrected chi connectivity index (χ0v) is 12.9. The van der Waals surface area contributed by atoms with E-state index in [0.717, 1.165) is 0 Å². The molecule has 0 saturated carbocycles. The molecular weight excluding hydrogens is 346 g/mol. The van der Waals surface area contributed by atoms with E-state index in [-0.39, 0.29) is 0 Å². The van der Waals surface area contributed by atoms with Crippen molar-refractivity contribution in [1.29, 1.82) is 0 Å². The molecule has 10 atom stereocenters. The molecule has 2 heterocycles. The van der Waals surface area contributed by atoms with E-state index in [1.165, 1.54) is 0 Å². The quantitative estimate of drug-likeness (QED) is 0.141.